The molecule has 1 aliphatic rings. The maximum atomic E-state index is 10.7. The Morgan fingerprint density at radius 2 is 2.10 bits per heavy atom. The Hall–Kier alpha value is -2.21. The van der Waals surface area contributed by atoms with Gasteiger partial charge in [0, 0.05) is 49.1 Å². The number of aryl methyl sites for hydroxylation is 1. The van der Waals surface area contributed by atoms with Gasteiger partial charge in [0.2, 0.25) is 0 Å². The fourth-order valence-corrected chi connectivity index (χ4v) is 2.50. The number of nitro benzene ring substituents is 1. The second kappa shape index (κ2) is 5.29. The molecule has 0 saturated heterocycles. The number of hydrogen-bond acceptors (Lipinski definition) is 4. The van der Waals surface area contributed by atoms with Crippen LogP contribution in [0.15, 0.2) is 30.5 Å². The van der Waals surface area contributed by atoms with Gasteiger partial charge < -0.3 is 5.32 Å². The molecule has 0 radical (unpaired) electrons. The van der Waals surface area contributed by atoms with E-state index >= 15 is 0 Å². The van der Waals surface area contributed by atoms with Gasteiger partial charge in [0.05, 0.1) is 10.6 Å². The second-order valence-corrected chi connectivity index (χ2v) is 5.68. The minimum atomic E-state index is -0.390. The number of nitrogens with one attached hydrogen (secondary N) is 1. The van der Waals surface area contributed by atoms with Gasteiger partial charge in [0.15, 0.2) is 0 Å². The fourth-order valence-electron chi connectivity index (χ4n) is 2.50. The molecule has 1 saturated carbocycles. The van der Waals surface area contributed by atoms with Crippen molar-refractivity contribution in [2.45, 2.75) is 25.9 Å². The first-order chi connectivity index (χ1) is 10.0. The van der Waals surface area contributed by atoms with Crippen LogP contribution in [-0.2, 0) is 13.6 Å². The van der Waals surface area contributed by atoms with Crippen LogP contribution in [0.5, 0.6) is 0 Å². The maximum absolute atomic E-state index is 10.7. The van der Waals surface area contributed by atoms with Gasteiger partial charge >= 0.3 is 0 Å². The van der Waals surface area contributed by atoms with Gasteiger partial charge in [0.25, 0.3) is 5.69 Å². The molecule has 0 amide bonds. The lowest BCUT2D eigenvalue weighted by molar-refractivity contribution is -0.384. The van der Waals surface area contributed by atoms with Crippen molar-refractivity contribution >= 4 is 5.69 Å². The molecule has 2 aromatic rings. The molecule has 21 heavy (non-hydrogen) atoms. The van der Waals surface area contributed by atoms with Crippen molar-refractivity contribution in [3.63, 3.8) is 0 Å². The molecule has 2 atom stereocenters. The molecule has 110 valence electrons. The molecular formula is C15H18N4O2. The summed E-state index contributed by atoms with van der Waals surface area (Å²) in [5, 5.41) is 18.7. The van der Waals surface area contributed by atoms with Crippen LogP contribution in [0, 0.1) is 16.0 Å². The van der Waals surface area contributed by atoms with Crippen molar-refractivity contribution in [3.05, 3.63) is 46.1 Å². The minimum Gasteiger partial charge on any atom is -0.310 e. The lowest BCUT2D eigenvalue weighted by Crippen LogP contribution is -2.17. The summed E-state index contributed by atoms with van der Waals surface area (Å²) in [5.74, 6) is 0.754. The summed E-state index contributed by atoms with van der Waals surface area (Å²) in [4.78, 5) is 10.3. The predicted octanol–water partition coefficient (Wildman–Crippen LogP) is 2.49. The first-order valence-corrected chi connectivity index (χ1v) is 7.05. The monoisotopic (exact) mass is 286 g/mol. The van der Waals surface area contributed by atoms with Crippen molar-refractivity contribution < 1.29 is 4.92 Å². The highest BCUT2D eigenvalue weighted by molar-refractivity contribution is 5.64. The van der Waals surface area contributed by atoms with Gasteiger partial charge in [-0.15, -0.1) is 0 Å². The van der Waals surface area contributed by atoms with E-state index in [0.29, 0.717) is 6.04 Å². The topological polar surface area (TPSA) is 73.0 Å². The van der Waals surface area contributed by atoms with Gasteiger partial charge in [-0.1, -0.05) is 6.92 Å². The van der Waals surface area contributed by atoms with Crippen molar-refractivity contribution in [1.29, 1.82) is 0 Å². The van der Waals surface area contributed by atoms with Crippen LogP contribution in [0.25, 0.3) is 11.3 Å². The Bertz CT molecular complexity index is 663. The van der Waals surface area contributed by atoms with E-state index in [1.54, 1.807) is 16.8 Å². The Balaban J connectivity index is 1.81. The molecule has 0 bridgehead atoms. The summed E-state index contributed by atoms with van der Waals surface area (Å²) in [5.41, 5.74) is 3.00. The Morgan fingerprint density at radius 1 is 1.43 bits per heavy atom. The van der Waals surface area contributed by atoms with Crippen molar-refractivity contribution in [2.75, 3.05) is 0 Å². The van der Waals surface area contributed by atoms with E-state index in [2.05, 4.69) is 17.3 Å². The van der Waals surface area contributed by atoms with E-state index in [1.165, 1.54) is 18.6 Å². The number of hydrogen-bond donors (Lipinski definition) is 1. The molecule has 6 heteroatoms. The fraction of sp³-hybridized carbons (Fsp3) is 0.400. The SMILES string of the molecule is CC1CC1NCc1cn(C)nc1-c1ccc([N+](=O)[O-])cc1. The zero-order valence-corrected chi connectivity index (χ0v) is 12.1. The quantitative estimate of drug-likeness (QED) is 0.677. The number of rotatable bonds is 5. The van der Waals surface area contributed by atoms with E-state index in [9.17, 15) is 10.1 Å². The highest BCUT2D eigenvalue weighted by Gasteiger charge is 2.31. The highest BCUT2D eigenvalue weighted by Crippen LogP contribution is 2.30. The number of nitro groups is 1. The van der Waals surface area contributed by atoms with Crippen molar-refractivity contribution in [2.24, 2.45) is 13.0 Å². The average Bonchev–Trinajstić information content (AvgIpc) is 3.03. The van der Waals surface area contributed by atoms with Gasteiger partial charge in [-0.2, -0.15) is 5.10 Å². The number of non-ortho nitro benzene ring substituents is 1. The summed E-state index contributed by atoms with van der Waals surface area (Å²) < 4.78 is 1.78. The number of benzene rings is 1. The third kappa shape index (κ3) is 2.95. The number of nitrogens with zero attached hydrogens (tertiary/aromatic N) is 3. The van der Waals surface area contributed by atoms with Crippen LogP contribution in [0.4, 0.5) is 5.69 Å². The molecule has 1 aromatic carbocycles. The molecule has 1 N–H and O–H groups in total. The first kappa shape index (κ1) is 13.8. The smallest absolute Gasteiger partial charge is 0.269 e. The lowest BCUT2D eigenvalue weighted by Gasteiger charge is -2.04. The Kier molecular flexibility index (Phi) is 3.47. The van der Waals surface area contributed by atoms with Gasteiger partial charge in [-0.25, -0.2) is 0 Å². The molecular weight excluding hydrogens is 268 g/mol. The molecule has 1 heterocycles. The average molecular weight is 286 g/mol. The molecule has 1 aliphatic carbocycles. The third-order valence-corrected chi connectivity index (χ3v) is 3.92. The van der Waals surface area contributed by atoms with Crippen LogP contribution in [0.3, 0.4) is 0 Å². The lowest BCUT2D eigenvalue weighted by atomic mass is 10.1. The van der Waals surface area contributed by atoms with Gasteiger partial charge in [-0.05, 0) is 24.5 Å². The summed E-state index contributed by atoms with van der Waals surface area (Å²) in [7, 11) is 1.89. The molecule has 1 fully saturated rings. The van der Waals surface area contributed by atoms with Crippen LogP contribution in [0.1, 0.15) is 18.9 Å². The van der Waals surface area contributed by atoms with E-state index < -0.39 is 0 Å². The molecule has 2 unspecified atom stereocenters. The molecule has 0 spiro atoms. The predicted molar refractivity (Wildman–Crippen MR) is 79.7 cm³/mol. The van der Waals surface area contributed by atoms with Gasteiger partial charge in [-0.3, -0.25) is 14.8 Å². The summed E-state index contributed by atoms with van der Waals surface area (Å²) in [6.07, 6.45) is 3.23. The Labute approximate surface area is 122 Å². The second-order valence-electron chi connectivity index (χ2n) is 5.68. The first-order valence-electron chi connectivity index (χ1n) is 7.05. The third-order valence-electron chi connectivity index (χ3n) is 3.92. The van der Waals surface area contributed by atoms with E-state index in [0.717, 1.165) is 29.3 Å². The molecule has 1 aromatic heterocycles. The standard InChI is InChI=1S/C15H18N4O2/c1-10-7-14(10)16-8-12-9-18(2)17-15(12)11-3-5-13(6-4-11)19(20)21/h3-6,9-10,14,16H,7-8H2,1-2H3. The van der Waals surface area contributed by atoms with Crippen LogP contribution in [-0.4, -0.2) is 20.7 Å². The number of aromatic nitrogens is 2. The summed E-state index contributed by atoms with van der Waals surface area (Å²) >= 11 is 0. The van der Waals surface area contributed by atoms with Crippen LogP contribution < -0.4 is 5.32 Å². The molecule has 0 aliphatic heterocycles. The van der Waals surface area contributed by atoms with E-state index in [-0.39, 0.29) is 10.6 Å². The van der Waals surface area contributed by atoms with E-state index in [1.807, 2.05) is 13.2 Å². The van der Waals surface area contributed by atoms with Crippen LogP contribution in [0.2, 0.25) is 0 Å². The Morgan fingerprint density at radius 3 is 2.67 bits per heavy atom. The zero-order valence-electron chi connectivity index (χ0n) is 12.1. The van der Waals surface area contributed by atoms with Gasteiger partial charge in [0.1, 0.15) is 0 Å². The normalized spacial score (nSPS) is 20.5. The largest absolute Gasteiger partial charge is 0.310 e. The molecule has 6 nitrogen and oxygen atoms in total. The minimum absolute atomic E-state index is 0.0983. The zero-order chi connectivity index (χ0) is 15.0. The van der Waals surface area contributed by atoms with Crippen molar-refractivity contribution in [1.82, 2.24) is 15.1 Å². The van der Waals surface area contributed by atoms with E-state index in [4.69, 9.17) is 0 Å². The highest BCUT2D eigenvalue weighted by atomic mass is 16.6. The van der Waals surface area contributed by atoms with Crippen LogP contribution >= 0.6 is 0 Å². The summed E-state index contributed by atoms with van der Waals surface area (Å²) in [6, 6.07) is 7.15. The molecule has 3 rings (SSSR count). The maximum Gasteiger partial charge on any atom is 0.269 e. The van der Waals surface area contributed by atoms with Crippen molar-refractivity contribution in [3.8, 4) is 11.3 Å². The summed E-state index contributed by atoms with van der Waals surface area (Å²) in [6.45, 7) is 3.01.